The normalized spacial score (nSPS) is 15.3. The van der Waals surface area contributed by atoms with Gasteiger partial charge >= 0.3 is 0 Å². The Morgan fingerprint density at radius 2 is 2.14 bits per heavy atom. The SMILES string of the molecule is CC(=O)C[C@@H](C)/C=C/c1ccc(Oc2ccc(C3=CCCCC3)cc2Cl)nc1. The summed E-state index contributed by atoms with van der Waals surface area (Å²) in [7, 11) is 0. The zero-order chi connectivity index (χ0) is 19.9. The molecule has 146 valence electrons. The molecule has 1 heterocycles. The number of nitrogens with zero attached hydrogens (tertiary/aromatic N) is 1. The average Bonchev–Trinajstić information content (AvgIpc) is 2.69. The first-order chi connectivity index (χ1) is 13.5. The molecule has 0 amide bonds. The van der Waals surface area contributed by atoms with Gasteiger partial charge in [-0.2, -0.15) is 0 Å². The monoisotopic (exact) mass is 395 g/mol. The first kappa shape index (κ1) is 20.3. The maximum Gasteiger partial charge on any atom is 0.219 e. The first-order valence-corrected chi connectivity index (χ1v) is 10.2. The highest BCUT2D eigenvalue weighted by atomic mass is 35.5. The molecular formula is C24H26ClNO2. The zero-order valence-electron chi connectivity index (χ0n) is 16.5. The molecule has 1 aliphatic rings. The standard InChI is InChI=1S/C24H26ClNO2/c1-17(14-18(2)27)8-9-19-10-13-24(26-16-19)28-23-12-11-21(15-22(23)25)20-6-4-3-5-7-20/h6,8-13,15-17H,3-5,7,14H2,1-2H3/b9-8+/t17-/m0/s1. The van der Waals surface area contributed by atoms with E-state index in [0.29, 0.717) is 23.1 Å². The molecule has 0 radical (unpaired) electrons. The maximum atomic E-state index is 11.1. The van der Waals surface area contributed by atoms with E-state index in [0.717, 1.165) is 18.4 Å². The Hall–Kier alpha value is -2.39. The molecule has 0 spiro atoms. The van der Waals surface area contributed by atoms with Crippen LogP contribution in [0.25, 0.3) is 11.6 Å². The summed E-state index contributed by atoms with van der Waals surface area (Å²) < 4.78 is 5.85. The lowest BCUT2D eigenvalue weighted by molar-refractivity contribution is -0.117. The van der Waals surface area contributed by atoms with Crippen LogP contribution >= 0.6 is 11.6 Å². The topological polar surface area (TPSA) is 39.2 Å². The number of rotatable bonds is 7. The smallest absolute Gasteiger partial charge is 0.219 e. The summed E-state index contributed by atoms with van der Waals surface area (Å²) >= 11 is 6.44. The predicted octanol–water partition coefficient (Wildman–Crippen LogP) is 7.11. The number of pyridine rings is 1. The van der Waals surface area contributed by atoms with Gasteiger partial charge in [0.1, 0.15) is 11.5 Å². The van der Waals surface area contributed by atoms with E-state index in [4.69, 9.17) is 16.3 Å². The van der Waals surface area contributed by atoms with Crippen LogP contribution in [0.5, 0.6) is 11.6 Å². The molecule has 2 aromatic rings. The highest BCUT2D eigenvalue weighted by Crippen LogP contribution is 2.34. The fourth-order valence-electron chi connectivity index (χ4n) is 3.34. The number of hydrogen-bond donors (Lipinski definition) is 0. The Bertz CT molecular complexity index is 884. The number of carbonyl (C=O) groups excluding carboxylic acids is 1. The second-order valence-corrected chi connectivity index (χ2v) is 7.80. The molecule has 1 aliphatic carbocycles. The van der Waals surface area contributed by atoms with E-state index < -0.39 is 0 Å². The predicted molar refractivity (Wildman–Crippen MR) is 116 cm³/mol. The number of aromatic nitrogens is 1. The third-order valence-corrected chi connectivity index (χ3v) is 5.09. The van der Waals surface area contributed by atoms with Crippen molar-refractivity contribution in [3.63, 3.8) is 0 Å². The van der Waals surface area contributed by atoms with Crippen LogP contribution in [0.3, 0.4) is 0 Å². The largest absolute Gasteiger partial charge is 0.437 e. The Balaban J connectivity index is 1.64. The van der Waals surface area contributed by atoms with Gasteiger partial charge in [-0.05, 0) is 73.4 Å². The Kier molecular flexibility index (Phi) is 7.05. The third-order valence-electron chi connectivity index (χ3n) is 4.79. The number of ketones is 1. The fraction of sp³-hybridized carbons (Fsp3) is 0.333. The van der Waals surface area contributed by atoms with Gasteiger partial charge in [-0.15, -0.1) is 0 Å². The van der Waals surface area contributed by atoms with Crippen LogP contribution in [-0.2, 0) is 4.79 Å². The molecular weight excluding hydrogens is 370 g/mol. The van der Waals surface area contributed by atoms with Crippen LogP contribution < -0.4 is 4.74 Å². The molecule has 28 heavy (non-hydrogen) atoms. The molecule has 0 N–H and O–H groups in total. The molecule has 3 rings (SSSR count). The van der Waals surface area contributed by atoms with Crippen molar-refractivity contribution in [3.05, 3.63) is 64.8 Å². The van der Waals surface area contributed by atoms with Gasteiger partial charge in [-0.25, -0.2) is 4.98 Å². The number of carbonyl (C=O) groups is 1. The van der Waals surface area contributed by atoms with Crippen LogP contribution in [-0.4, -0.2) is 10.8 Å². The molecule has 0 unspecified atom stereocenters. The number of halogens is 1. The van der Waals surface area contributed by atoms with Crippen LogP contribution in [0.15, 0.2) is 48.7 Å². The number of ether oxygens (including phenoxy) is 1. The van der Waals surface area contributed by atoms with Gasteiger partial charge in [0.15, 0.2) is 0 Å². The van der Waals surface area contributed by atoms with Gasteiger partial charge in [0, 0.05) is 18.7 Å². The van der Waals surface area contributed by atoms with Crippen LogP contribution in [0, 0.1) is 5.92 Å². The van der Waals surface area contributed by atoms with Crippen molar-refractivity contribution < 1.29 is 9.53 Å². The molecule has 0 aliphatic heterocycles. The van der Waals surface area contributed by atoms with Crippen molar-refractivity contribution in [3.8, 4) is 11.6 Å². The van der Waals surface area contributed by atoms with Crippen molar-refractivity contribution >= 4 is 29.0 Å². The van der Waals surface area contributed by atoms with Crippen molar-refractivity contribution in [1.82, 2.24) is 4.98 Å². The Morgan fingerprint density at radius 1 is 1.29 bits per heavy atom. The fourth-order valence-corrected chi connectivity index (χ4v) is 3.56. The van der Waals surface area contributed by atoms with Gasteiger partial charge < -0.3 is 9.53 Å². The summed E-state index contributed by atoms with van der Waals surface area (Å²) in [5.74, 6) is 1.51. The van der Waals surface area contributed by atoms with Crippen LogP contribution in [0.1, 0.15) is 57.1 Å². The lowest BCUT2D eigenvalue weighted by Crippen LogP contribution is -1.97. The summed E-state index contributed by atoms with van der Waals surface area (Å²) in [5, 5.41) is 0.591. The average molecular weight is 396 g/mol. The maximum absolute atomic E-state index is 11.1. The summed E-state index contributed by atoms with van der Waals surface area (Å²) in [4.78, 5) is 15.5. The summed E-state index contributed by atoms with van der Waals surface area (Å²) in [6, 6.07) is 9.71. The molecule has 4 heteroatoms. The van der Waals surface area contributed by atoms with Gasteiger partial charge in [0.05, 0.1) is 5.02 Å². The highest BCUT2D eigenvalue weighted by Gasteiger charge is 2.10. The van der Waals surface area contributed by atoms with E-state index in [1.807, 2.05) is 43.3 Å². The minimum absolute atomic E-state index is 0.196. The van der Waals surface area contributed by atoms with Gasteiger partial charge in [0.25, 0.3) is 0 Å². The molecule has 0 bridgehead atoms. The Labute approximate surface area is 172 Å². The molecule has 0 saturated carbocycles. The third kappa shape index (κ3) is 5.80. The second kappa shape index (κ2) is 9.70. The Morgan fingerprint density at radius 3 is 2.79 bits per heavy atom. The number of hydrogen-bond acceptors (Lipinski definition) is 3. The van der Waals surface area contributed by atoms with E-state index >= 15 is 0 Å². The summed E-state index contributed by atoms with van der Waals surface area (Å²) in [6.45, 7) is 3.64. The van der Waals surface area contributed by atoms with Gasteiger partial charge in [-0.3, -0.25) is 0 Å². The van der Waals surface area contributed by atoms with Gasteiger partial charge in [-0.1, -0.05) is 42.8 Å². The molecule has 0 saturated heterocycles. The quantitative estimate of drug-likeness (QED) is 0.501. The van der Waals surface area contributed by atoms with Crippen molar-refractivity contribution in [2.45, 2.75) is 46.0 Å². The lowest BCUT2D eigenvalue weighted by Gasteiger charge is -2.14. The minimum Gasteiger partial charge on any atom is -0.437 e. The highest BCUT2D eigenvalue weighted by molar-refractivity contribution is 6.32. The van der Waals surface area contributed by atoms with Crippen molar-refractivity contribution in [1.29, 1.82) is 0 Å². The van der Waals surface area contributed by atoms with Crippen molar-refractivity contribution in [2.75, 3.05) is 0 Å². The first-order valence-electron chi connectivity index (χ1n) is 9.82. The molecule has 3 nitrogen and oxygen atoms in total. The van der Waals surface area contributed by atoms with Gasteiger partial charge in [0.2, 0.25) is 5.88 Å². The van der Waals surface area contributed by atoms with Crippen LogP contribution in [0.4, 0.5) is 0 Å². The van der Waals surface area contributed by atoms with Crippen LogP contribution in [0.2, 0.25) is 5.02 Å². The van der Waals surface area contributed by atoms with E-state index in [2.05, 4.69) is 17.1 Å². The molecule has 1 aromatic heterocycles. The van der Waals surface area contributed by atoms with Crippen molar-refractivity contribution in [2.24, 2.45) is 5.92 Å². The second-order valence-electron chi connectivity index (χ2n) is 7.39. The summed E-state index contributed by atoms with van der Waals surface area (Å²) in [6.07, 6.45) is 13.4. The summed E-state index contributed by atoms with van der Waals surface area (Å²) in [5.41, 5.74) is 3.51. The van der Waals surface area contributed by atoms with E-state index in [9.17, 15) is 4.79 Å². The van der Waals surface area contributed by atoms with E-state index in [-0.39, 0.29) is 11.7 Å². The molecule has 1 aromatic carbocycles. The zero-order valence-corrected chi connectivity index (χ0v) is 17.2. The van der Waals surface area contributed by atoms with E-state index in [1.54, 1.807) is 13.1 Å². The number of benzene rings is 1. The minimum atomic E-state index is 0.196. The lowest BCUT2D eigenvalue weighted by atomic mass is 9.94. The van der Waals surface area contributed by atoms with E-state index in [1.165, 1.54) is 24.0 Å². The molecule has 1 atom stereocenters. The molecule has 0 fully saturated rings. The number of Topliss-reactive ketones (excluding diaryl/α,β-unsaturated/α-hetero) is 1. The number of allylic oxidation sites excluding steroid dienone is 3.